The van der Waals surface area contributed by atoms with Gasteiger partial charge in [-0.1, -0.05) is 0 Å². The smallest absolute Gasteiger partial charge is 0.0507 e. The van der Waals surface area contributed by atoms with Crippen molar-refractivity contribution in [2.24, 2.45) is 11.7 Å². The van der Waals surface area contributed by atoms with E-state index in [1.807, 2.05) is 0 Å². The predicted molar refractivity (Wildman–Crippen MR) is 75.3 cm³/mol. The molecule has 1 aliphatic rings. The Labute approximate surface area is 109 Å². The van der Waals surface area contributed by atoms with Crippen LogP contribution >= 0.6 is 11.3 Å². The van der Waals surface area contributed by atoms with Crippen LogP contribution in [0.25, 0.3) is 0 Å². The molecule has 1 aliphatic carbocycles. The summed E-state index contributed by atoms with van der Waals surface area (Å²) in [5, 5.41) is 4.40. The van der Waals surface area contributed by atoms with Crippen LogP contribution in [0.1, 0.15) is 45.2 Å². The number of hydrogen-bond donors (Lipinski definition) is 1. The molecule has 2 atom stereocenters. The zero-order valence-corrected chi connectivity index (χ0v) is 11.9. The van der Waals surface area contributed by atoms with Crippen LogP contribution in [-0.4, -0.2) is 23.5 Å². The molecule has 0 aliphatic heterocycles. The molecule has 1 saturated carbocycles. The van der Waals surface area contributed by atoms with Gasteiger partial charge in [0.2, 0.25) is 0 Å². The first-order chi connectivity index (χ1) is 8.09. The lowest BCUT2D eigenvalue weighted by molar-refractivity contribution is 0.129. The molecular weight excluding hydrogens is 228 g/mol. The first kappa shape index (κ1) is 13.1. The third kappa shape index (κ3) is 3.30. The minimum absolute atomic E-state index is 0.186. The SMILES string of the molecule is CC(N)C(c1ccsc1)N(CC1CC1)C(C)C. The molecule has 0 amide bonds. The maximum Gasteiger partial charge on any atom is 0.0507 e. The van der Waals surface area contributed by atoms with Gasteiger partial charge in [0.15, 0.2) is 0 Å². The van der Waals surface area contributed by atoms with Crippen LogP contribution in [0, 0.1) is 5.92 Å². The predicted octanol–water partition coefficient (Wildman–Crippen LogP) is 3.26. The van der Waals surface area contributed by atoms with Gasteiger partial charge in [0, 0.05) is 18.6 Å². The van der Waals surface area contributed by atoms with Crippen molar-refractivity contribution in [1.82, 2.24) is 4.90 Å². The van der Waals surface area contributed by atoms with E-state index >= 15 is 0 Å². The summed E-state index contributed by atoms with van der Waals surface area (Å²) in [6.07, 6.45) is 2.80. The number of hydrogen-bond acceptors (Lipinski definition) is 3. The van der Waals surface area contributed by atoms with Gasteiger partial charge in [-0.15, -0.1) is 0 Å². The van der Waals surface area contributed by atoms with Crippen LogP contribution < -0.4 is 5.73 Å². The molecule has 2 N–H and O–H groups in total. The summed E-state index contributed by atoms with van der Waals surface area (Å²) in [6.45, 7) is 7.90. The number of rotatable bonds is 6. The van der Waals surface area contributed by atoms with Crippen molar-refractivity contribution in [3.05, 3.63) is 22.4 Å². The maximum atomic E-state index is 6.23. The summed E-state index contributed by atoms with van der Waals surface area (Å²) in [5.41, 5.74) is 7.61. The molecule has 1 aromatic rings. The van der Waals surface area contributed by atoms with E-state index in [0.29, 0.717) is 12.1 Å². The van der Waals surface area contributed by atoms with Crippen molar-refractivity contribution in [3.63, 3.8) is 0 Å². The summed E-state index contributed by atoms with van der Waals surface area (Å²) in [4.78, 5) is 2.59. The first-order valence-electron chi connectivity index (χ1n) is 6.63. The van der Waals surface area contributed by atoms with E-state index in [2.05, 4.69) is 42.5 Å². The van der Waals surface area contributed by atoms with E-state index in [4.69, 9.17) is 5.73 Å². The number of nitrogens with zero attached hydrogens (tertiary/aromatic N) is 1. The Morgan fingerprint density at radius 1 is 1.41 bits per heavy atom. The van der Waals surface area contributed by atoms with Crippen molar-refractivity contribution in [2.75, 3.05) is 6.54 Å². The molecule has 1 aromatic heterocycles. The molecule has 0 bridgehead atoms. The van der Waals surface area contributed by atoms with Gasteiger partial charge in [0.1, 0.15) is 0 Å². The number of nitrogens with two attached hydrogens (primary N) is 1. The Bertz CT molecular complexity index is 328. The van der Waals surface area contributed by atoms with Gasteiger partial charge in [-0.25, -0.2) is 0 Å². The summed E-state index contributed by atoms with van der Waals surface area (Å²) in [7, 11) is 0. The highest BCUT2D eigenvalue weighted by atomic mass is 32.1. The van der Waals surface area contributed by atoms with Gasteiger partial charge >= 0.3 is 0 Å². The zero-order valence-electron chi connectivity index (χ0n) is 11.1. The van der Waals surface area contributed by atoms with Crippen molar-refractivity contribution in [1.29, 1.82) is 0 Å². The molecule has 3 heteroatoms. The van der Waals surface area contributed by atoms with E-state index in [1.54, 1.807) is 11.3 Å². The van der Waals surface area contributed by atoms with Crippen LogP contribution in [0.3, 0.4) is 0 Å². The quantitative estimate of drug-likeness (QED) is 0.842. The molecule has 0 aromatic carbocycles. The third-order valence-electron chi connectivity index (χ3n) is 3.57. The van der Waals surface area contributed by atoms with Gasteiger partial charge < -0.3 is 5.73 Å². The summed E-state index contributed by atoms with van der Waals surface area (Å²) in [5.74, 6) is 0.914. The normalized spacial score (nSPS) is 19.9. The van der Waals surface area contributed by atoms with Crippen molar-refractivity contribution in [2.45, 2.75) is 51.7 Å². The summed E-state index contributed by atoms with van der Waals surface area (Å²) in [6, 6.07) is 3.35. The monoisotopic (exact) mass is 252 g/mol. The van der Waals surface area contributed by atoms with Gasteiger partial charge in [0.05, 0.1) is 6.04 Å². The lowest BCUT2D eigenvalue weighted by Crippen LogP contribution is -2.44. The van der Waals surface area contributed by atoms with E-state index in [1.165, 1.54) is 24.9 Å². The fourth-order valence-electron chi connectivity index (χ4n) is 2.48. The van der Waals surface area contributed by atoms with Gasteiger partial charge in [-0.05, 0) is 61.9 Å². The molecule has 96 valence electrons. The van der Waals surface area contributed by atoms with E-state index in [0.717, 1.165) is 5.92 Å². The lowest BCUT2D eigenvalue weighted by Gasteiger charge is -2.37. The van der Waals surface area contributed by atoms with E-state index in [9.17, 15) is 0 Å². The lowest BCUT2D eigenvalue weighted by atomic mass is 10.00. The van der Waals surface area contributed by atoms with Gasteiger partial charge in [0.25, 0.3) is 0 Å². The Morgan fingerprint density at radius 2 is 2.12 bits per heavy atom. The average molecular weight is 252 g/mol. The second kappa shape index (κ2) is 5.51. The average Bonchev–Trinajstić information content (AvgIpc) is 2.90. The topological polar surface area (TPSA) is 29.3 Å². The minimum atomic E-state index is 0.186. The highest BCUT2D eigenvalue weighted by Gasteiger charge is 2.32. The highest BCUT2D eigenvalue weighted by Crippen LogP contribution is 2.35. The standard InChI is InChI=1S/C14H24N2S/c1-10(2)16(8-12-4-5-12)14(11(3)15)13-6-7-17-9-13/h6-7,9-12,14H,4-5,8,15H2,1-3H3. The Balaban J connectivity index is 2.16. The van der Waals surface area contributed by atoms with Crippen LogP contribution in [-0.2, 0) is 0 Å². The molecule has 0 spiro atoms. The molecule has 0 saturated heterocycles. The van der Waals surface area contributed by atoms with Gasteiger partial charge in [-0.3, -0.25) is 4.90 Å². The van der Waals surface area contributed by atoms with E-state index in [-0.39, 0.29) is 6.04 Å². The molecule has 2 unspecified atom stereocenters. The second-order valence-corrected chi connectivity index (χ2v) is 6.37. The molecule has 0 radical (unpaired) electrons. The molecule has 17 heavy (non-hydrogen) atoms. The molecule has 2 rings (SSSR count). The van der Waals surface area contributed by atoms with Crippen LogP contribution in [0.4, 0.5) is 0 Å². The van der Waals surface area contributed by atoms with Crippen molar-refractivity contribution in [3.8, 4) is 0 Å². The number of thiophene rings is 1. The largest absolute Gasteiger partial charge is 0.326 e. The maximum absolute atomic E-state index is 6.23. The van der Waals surface area contributed by atoms with Crippen LogP contribution in [0.5, 0.6) is 0 Å². The Kier molecular flexibility index (Phi) is 4.23. The Hall–Kier alpha value is -0.380. The second-order valence-electron chi connectivity index (χ2n) is 5.59. The van der Waals surface area contributed by atoms with Crippen molar-refractivity contribution >= 4 is 11.3 Å². The van der Waals surface area contributed by atoms with Gasteiger partial charge in [-0.2, -0.15) is 11.3 Å². The van der Waals surface area contributed by atoms with Crippen molar-refractivity contribution < 1.29 is 0 Å². The van der Waals surface area contributed by atoms with E-state index < -0.39 is 0 Å². The van der Waals surface area contributed by atoms with Crippen LogP contribution in [0.2, 0.25) is 0 Å². The zero-order chi connectivity index (χ0) is 12.4. The minimum Gasteiger partial charge on any atom is -0.326 e. The third-order valence-corrected chi connectivity index (χ3v) is 4.27. The molecule has 1 heterocycles. The fourth-order valence-corrected chi connectivity index (χ4v) is 3.17. The molecule has 1 fully saturated rings. The van der Waals surface area contributed by atoms with Crippen LogP contribution in [0.15, 0.2) is 16.8 Å². The Morgan fingerprint density at radius 3 is 2.53 bits per heavy atom. The first-order valence-corrected chi connectivity index (χ1v) is 7.57. The molecule has 2 nitrogen and oxygen atoms in total. The fraction of sp³-hybridized carbons (Fsp3) is 0.714. The summed E-state index contributed by atoms with van der Waals surface area (Å²) < 4.78 is 0. The summed E-state index contributed by atoms with van der Waals surface area (Å²) >= 11 is 1.77. The molecular formula is C14H24N2S. The highest BCUT2D eigenvalue weighted by molar-refractivity contribution is 7.07.